The molecule has 3 heteroatoms. The first-order chi connectivity index (χ1) is 9.29. The molecule has 0 radical (unpaired) electrons. The molecule has 3 unspecified atom stereocenters. The number of nitrogens with zero attached hydrogens (tertiary/aromatic N) is 1. The fourth-order valence-electron chi connectivity index (χ4n) is 3.39. The molecule has 2 nitrogen and oxygen atoms in total. The molecule has 0 spiro atoms. The van der Waals surface area contributed by atoms with Crippen LogP contribution in [0.25, 0.3) is 0 Å². The minimum atomic E-state index is 0.0978. The fraction of sp³-hybridized carbons (Fsp3) is 0.824. The van der Waals surface area contributed by atoms with Crippen LogP contribution in [-0.4, -0.2) is 11.5 Å². The van der Waals surface area contributed by atoms with Crippen molar-refractivity contribution < 1.29 is 0 Å². The molecule has 2 rings (SSSR count). The predicted octanol–water partition coefficient (Wildman–Crippen LogP) is 4.70. The third-order valence-corrected chi connectivity index (χ3v) is 5.77. The van der Waals surface area contributed by atoms with Crippen LogP contribution in [0.5, 0.6) is 0 Å². The van der Waals surface area contributed by atoms with E-state index in [2.05, 4.69) is 52.2 Å². The van der Waals surface area contributed by atoms with Gasteiger partial charge in [-0.25, -0.2) is 4.98 Å². The Morgan fingerprint density at radius 3 is 2.60 bits per heavy atom. The largest absolute Gasteiger partial charge is 0.305 e. The standard InChI is InChI=1S/C17H30N2S/c1-7-18-17(10-12(2)8-9-13(17)3)15-19-14(11-20-15)16(4,5)6/h11-13,18H,7-10H2,1-6H3. The van der Waals surface area contributed by atoms with E-state index in [-0.39, 0.29) is 11.0 Å². The number of aromatic nitrogens is 1. The quantitative estimate of drug-likeness (QED) is 0.874. The van der Waals surface area contributed by atoms with Crippen molar-refractivity contribution in [3.05, 3.63) is 16.1 Å². The molecule has 1 aromatic rings. The van der Waals surface area contributed by atoms with Crippen LogP contribution in [0.4, 0.5) is 0 Å². The van der Waals surface area contributed by atoms with E-state index in [1.807, 2.05) is 11.3 Å². The Morgan fingerprint density at radius 1 is 1.35 bits per heavy atom. The summed E-state index contributed by atoms with van der Waals surface area (Å²) in [4.78, 5) is 5.04. The minimum absolute atomic E-state index is 0.0978. The first-order valence-electron chi connectivity index (χ1n) is 8.01. The van der Waals surface area contributed by atoms with Gasteiger partial charge in [-0.3, -0.25) is 0 Å². The Labute approximate surface area is 128 Å². The zero-order chi connectivity index (χ0) is 15.0. The Kier molecular flexibility index (Phi) is 4.60. The number of hydrogen-bond acceptors (Lipinski definition) is 3. The molecule has 1 heterocycles. The average molecular weight is 295 g/mol. The third kappa shape index (κ3) is 2.94. The topological polar surface area (TPSA) is 24.9 Å². The normalized spacial score (nSPS) is 31.5. The Hall–Kier alpha value is -0.410. The fourth-order valence-corrected chi connectivity index (χ4v) is 4.74. The van der Waals surface area contributed by atoms with Crippen LogP contribution in [0.2, 0.25) is 0 Å². The lowest BCUT2D eigenvalue weighted by Crippen LogP contribution is -2.51. The van der Waals surface area contributed by atoms with Crippen LogP contribution in [0.1, 0.15) is 71.5 Å². The van der Waals surface area contributed by atoms with E-state index < -0.39 is 0 Å². The van der Waals surface area contributed by atoms with Crippen molar-refractivity contribution in [2.75, 3.05) is 6.54 Å². The van der Waals surface area contributed by atoms with Crippen molar-refractivity contribution >= 4 is 11.3 Å². The Balaban J connectivity index is 2.39. The molecule has 1 aliphatic carbocycles. The lowest BCUT2D eigenvalue weighted by Gasteiger charge is -2.44. The van der Waals surface area contributed by atoms with Crippen molar-refractivity contribution in [1.82, 2.24) is 10.3 Å². The van der Waals surface area contributed by atoms with E-state index in [1.165, 1.54) is 30.0 Å². The molecule has 0 aliphatic heterocycles. The highest BCUT2D eigenvalue weighted by atomic mass is 32.1. The lowest BCUT2D eigenvalue weighted by molar-refractivity contribution is 0.120. The summed E-state index contributed by atoms with van der Waals surface area (Å²) in [6, 6.07) is 0. The summed E-state index contributed by atoms with van der Waals surface area (Å²) in [5.41, 5.74) is 1.48. The van der Waals surface area contributed by atoms with Crippen LogP contribution in [0.15, 0.2) is 5.38 Å². The zero-order valence-electron chi connectivity index (χ0n) is 13.9. The third-order valence-electron chi connectivity index (χ3n) is 4.75. The van der Waals surface area contributed by atoms with Gasteiger partial charge in [0, 0.05) is 10.8 Å². The zero-order valence-corrected chi connectivity index (χ0v) is 14.7. The maximum Gasteiger partial charge on any atom is 0.113 e. The van der Waals surface area contributed by atoms with Crippen molar-refractivity contribution in [2.24, 2.45) is 11.8 Å². The molecule has 0 amide bonds. The van der Waals surface area contributed by atoms with Crippen molar-refractivity contribution in [2.45, 2.75) is 71.8 Å². The van der Waals surface area contributed by atoms with Crippen LogP contribution in [0.3, 0.4) is 0 Å². The number of thiazole rings is 1. The van der Waals surface area contributed by atoms with Gasteiger partial charge < -0.3 is 5.32 Å². The van der Waals surface area contributed by atoms with E-state index in [9.17, 15) is 0 Å². The maximum absolute atomic E-state index is 5.04. The van der Waals surface area contributed by atoms with Crippen molar-refractivity contribution in [3.8, 4) is 0 Å². The van der Waals surface area contributed by atoms with Crippen molar-refractivity contribution in [3.63, 3.8) is 0 Å². The van der Waals surface area contributed by atoms with Gasteiger partial charge in [0.1, 0.15) is 5.01 Å². The number of rotatable bonds is 3. The molecule has 114 valence electrons. The van der Waals surface area contributed by atoms with Crippen LogP contribution in [-0.2, 0) is 11.0 Å². The molecule has 1 aliphatic rings. The lowest BCUT2D eigenvalue weighted by atomic mass is 9.70. The maximum atomic E-state index is 5.04. The SMILES string of the molecule is CCNC1(c2nc(C(C)(C)C)cs2)CC(C)CCC1C. The molecule has 1 saturated carbocycles. The highest BCUT2D eigenvalue weighted by molar-refractivity contribution is 7.09. The summed E-state index contributed by atoms with van der Waals surface area (Å²) in [6.07, 6.45) is 3.88. The number of hydrogen-bond donors (Lipinski definition) is 1. The summed E-state index contributed by atoms with van der Waals surface area (Å²) < 4.78 is 0. The van der Waals surface area contributed by atoms with Crippen LogP contribution >= 0.6 is 11.3 Å². The van der Waals surface area contributed by atoms with Gasteiger partial charge in [0.05, 0.1) is 11.2 Å². The van der Waals surface area contributed by atoms with Crippen LogP contribution in [0, 0.1) is 11.8 Å². The van der Waals surface area contributed by atoms with E-state index in [0.717, 1.165) is 12.5 Å². The molecular formula is C17H30N2S. The molecule has 1 aromatic heterocycles. The van der Waals surface area contributed by atoms with Gasteiger partial charge in [-0.2, -0.15) is 0 Å². The predicted molar refractivity (Wildman–Crippen MR) is 88.3 cm³/mol. The first-order valence-corrected chi connectivity index (χ1v) is 8.89. The smallest absolute Gasteiger partial charge is 0.113 e. The highest BCUT2D eigenvalue weighted by Crippen LogP contribution is 2.45. The van der Waals surface area contributed by atoms with E-state index in [4.69, 9.17) is 4.98 Å². The summed E-state index contributed by atoms with van der Waals surface area (Å²) in [7, 11) is 0. The highest BCUT2D eigenvalue weighted by Gasteiger charge is 2.43. The van der Waals surface area contributed by atoms with Gasteiger partial charge in [-0.15, -0.1) is 11.3 Å². The average Bonchev–Trinajstić information content (AvgIpc) is 2.84. The summed E-state index contributed by atoms with van der Waals surface area (Å²) in [5.74, 6) is 1.45. The molecular weight excluding hydrogens is 264 g/mol. The second-order valence-corrected chi connectivity index (χ2v) is 8.44. The van der Waals surface area contributed by atoms with Gasteiger partial charge in [0.2, 0.25) is 0 Å². The van der Waals surface area contributed by atoms with Gasteiger partial charge in [-0.05, 0) is 31.2 Å². The van der Waals surface area contributed by atoms with E-state index in [0.29, 0.717) is 5.92 Å². The second kappa shape index (κ2) is 5.76. The molecule has 0 bridgehead atoms. The Morgan fingerprint density at radius 2 is 2.05 bits per heavy atom. The molecule has 0 saturated heterocycles. The second-order valence-electron chi connectivity index (χ2n) is 7.58. The van der Waals surface area contributed by atoms with E-state index >= 15 is 0 Å². The Bertz CT molecular complexity index is 446. The molecule has 0 aromatic carbocycles. The first kappa shape index (κ1) is 16.0. The summed E-state index contributed by atoms with van der Waals surface area (Å²) in [5, 5.41) is 7.38. The minimum Gasteiger partial charge on any atom is -0.305 e. The van der Waals surface area contributed by atoms with Crippen molar-refractivity contribution in [1.29, 1.82) is 0 Å². The van der Waals surface area contributed by atoms with Gasteiger partial charge >= 0.3 is 0 Å². The van der Waals surface area contributed by atoms with Gasteiger partial charge in [0.25, 0.3) is 0 Å². The van der Waals surface area contributed by atoms with E-state index in [1.54, 1.807) is 0 Å². The summed E-state index contributed by atoms with van der Waals surface area (Å²) >= 11 is 1.85. The monoisotopic (exact) mass is 294 g/mol. The number of nitrogens with one attached hydrogen (secondary N) is 1. The molecule has 1 fully saturated rings. The van der Waals surface area contributed by atoms with Gasteiger partial charge in [-0.1, -0.05) is 48.0 Å². The van der Waals surface area contributed by atoms with Crippen LogP contribution < -0.4 is 5.32 Å². The summed E-state index contributed by atoms with van der Waals surface area (Å²) in [6.45, 7) is 14.8. The van der Waals surface area contributed by atoms with Gasteiger partial charge in [0.15, 0.2) is 0 Å². The molecule has 20 heavy (non-hydrogen) atoms. The molecule has 1 N–H and O–H groups in total. The molecule has 3 atom stereocenters.